The number of hydrogen-bond donors (Lipinski definition) is 1. The van der Waals surface area contributed by atoms with Gasteiger partial charge in [0.1, 0.15) is 5.56 Å². The Morgan fingerprint density at radius 2 is 1.96 bits per heavy atom. The number of nitrogens with two attached hydrogens (primary N) is 1. The zero-order valence-corrected chi connectivity index (χ0v) is 15.5. The van der Waals surface area contributed by atoms with E-state index in [1.54, 1.807) is 12.1 Å². The standard InChI is InChI=1S/C19H15BrN2O4/c1-25-19(24)16-17(21)14-5-3-12(20)7-15(14)22(18(16)23)13-4-2-10-8-26-9-11(10)6-13/h2-7H,8-9,21H2,1H3. The Balaban J connectivity index is 2.12. The highest BCUT2D eigenvalue weighted by Crippen LogP contribution is 2.29. The highest BCUT2D eigenvalue weighted by atomic mass is 79.9. The van der Waals surface area contributed by atoms with Crippen LogP contribution in [0.25, 0.3) is 16.6 Å². The van der Waals surface area contributed by atoms with Crippen LogP contribution in [0.5, 0.6) is 0 Å². The van der Waals surface area contributed by atoms with E-state index in [2.05, 4.69) is 15.9 Å². The van der Waals surface area contributed by atoms with Crippen molar-refractivity contribution in [2.75, 3.05) is 12.8 Å². The minimum absolute atomic E-state index is 0.116. The summed E-state index contributed by atoms with van der Waals surface area (Å²) in [5, 5.41) is 0.602. The van der Waals surface area contributed by atoms with Gasteiger partial charge in [0, 0.05) is 15.5 Å². The van der Waals surface area contributed by atoms with E-state index in [1.165, 1.54) is 11.7 Å². The van der Waals surface area contributed by atoms with Crippen molar-refractivity contribution < 1.29 is 14.3 Å². The number of carbonyl (C=O) groups excluding carboxylic acids is 1. The van der Waals surface area contributed by atoms with Crippen molar-refractivity contribution in [1.82, 2.24) is 4.57 Å². The lowest BCUT2D eigenvalue weighted by Gasteiger charge is -2.16. The molecule has 3 aromatic rings. The molecule has 2 aromatic carbocycles. The summed E-state index contributed by atoms with van der Waals surface area (Å²) >= 11 is 3.43. The molecule has 4 rings (SSSR count). The number of ether oxygens (including phenoxy) is 2. The normalized spacial score (nSPS) is 13.0. The molecular weight excluding hydrogens is 400 g/mol. The van der Waals surface area contributed by atoms with Crippen molar-refractivity contribution in [3.63, 3.8) is 0 Å². The van der Waals surface area contributed by atoms with E-state index in [-0.39, 0.29) is 11.3 Å². The van der Waals surface area contributed by atoms with Crippen molar-refractivity contribution in [1.29, 1.82) is 0 Å². The molecule has 0 radical (unpaired) electrons. The average molecular weight is 415 g/mol. The van der Waals surface area contributed by atoms with E-state index >= 15 is 0 Å². The van der Waals surface area contributed by atoms with Gasteiger partial charge in [-0.05, 0) is 41.5 Å². The smallest absolute Gasteiger partial charge is 0.345 e. The van der Waals surface area contributed by atoms with Crippen LogP contribution in [0, 0.1) is 0 Å². The van der Waals surface area contributed by atoms with Crippen LogP contribution in [0.3, 0.4) is 0 Å². The van der Waals surface area contributed by atoms with Gasteiger partial charge < -0.3 is 15.2 Å². The van der Waals surface area contributed by atoms with Gasteiger partial charge >= 0.3 is 5.97 Å². The van der Waals surface area contributed by atoms with Gasteiger partial charge in [0.25, 0.3) is 5.56 Å². The van der Waals surface area contributed by atoms with E-state index < -0.39 is 11.5 Å². The van der Waals surface area contributed by atoms with Crippen LogP contribution in [0.2, 0.25) is 0 Å². The number of nitrogen functional groups attached to an aromatic ring is 1. The third-order valence-corrected chi connectivity index (χ3v) is 5.02. The molecule has 0 bridgehead atoms. The predicted molar refractivity (Wildman–Crippen MR) is 101 cm³/mol. The maximum Gasteiger partial charge on any atom is 0.345 e. The van der Waals surface area contributed by atoms with E-state index in [9.17, 15) is 9.59 Å². The molecular formula is C19H15BrN2O4. The Kier molecular flexibility index (Phi) is 4.05. The quantitative estimate of drug-likeness (QED) is 0.651. The fourth-order valence-corrected chi connectivity index (χ4v) is 3.59. The summed E-state index contributed by atoms with van der Waals surface area (Å²) in [5.41, 5.74) is 8.93. The highest BCUT2D eigenvalue weighted by molar-refractivity contribution is 9.10. The zero-order chi connectivity index (χ0) is 18.4. The molecule has 26 heavy (non-hydrogen) atoms. The highest BCUT2D eigenvalue weighted by Gasteiger charge is 2.23. The molecule has 0 fully saturated rings. The summed E-state index contributed by atoms with van der Waals surface area (Å²) in [7, 11) is 1.23. The first-order valence-electron chi connectivity index (χ1n) is 7.93. The fraction of sp³-hybridized carbons (Fsp3) is 0.158. The molecule has 1 aliphatic heterocycles. The van der Waals surface area contributed by atoms with Gasteiger partial charge in [-0.3, -0.25) is 9.36 Å². The molecule has 2 N–H and O–H groups in total. The minimum atomic E-state index is -0.754. The first-order chi connectivity index (χ1) is 12.5. The molecule has 132 valence electrons. The molecule has 1 aliphatic rings. The van der Waals surface area contributed by atoms with Crippen LogP contribution < -0.4 is 11.3 Å². The van der Waals surface area contributed by atoms with Crippen LogP contribution in [-0.2, 0) is 22.7 Å². The van der Waals surface area contributed by atoms with Crippen LogP contribution in [0.1, 0.15) is 21.5 Å². The van der Waals surface area contributed by atoms with E-state index in [0.717, 1.165) is 15.6 Å². The first-order valence-corrected chi connectivity index (χ1v) is 8.72. The van der Waals surface area contributed by atoms with Crippen molar-refractivity contribution in [2.45, 2.75) is 13.2 Å². The SMILES string of the molecule is COC(=O)c1c(N)c2ccc(Br)cc2n(-c2ccc3c(c2)COC3)c1=O. The van der Waals surface area contributed by atoms with Gasteiger partial charge in [0.15, 0.2) is 0 Å². The third-order valence-electron chi connectivity index (χ3n) is 4.53. The number of nitrogens with zero attached hydrogens (tertiary/aromatic N) is 1. The second kappa shape index (κ2) is 6.26. The van der Waals surface area contributed by atoms with Crippen LogP contribution >= 0.6 is 15.9 Å². The lowest BCUT2D eigenvalue weighted by molar-refractivity contribution is 0.0600. The number of benzene rings is 2. The summed E-state index contributed by atoms with van der Waals surface area (Å²) in [6.07, 6.45) is 0. The molecule has 0 unspecified atom stereocenters. The Morgan fingerprint density at radius 1 is 1.19 bits per heavy atom. The molecule has 0 amide bonds. The molecule has 6 nitrogen and oxygen atoms in total. The maximum absolute atomic E-state index is 13.2. The number of aromatic nitrogens is 1. The molecule has 1 aromatic heterocycles. The lowest BCUT2D eigenvalue weighted by atomic mass is 10.1. The van der Waals surface area contributed by atoms with Crippen LogP contribution in [0.4, 0.5) is 5.69 Å². The number of pyridine rings is 1. The number of fused-ring (bicyclic) bond motifs is 2. The maximum atomic E-state index is 13.2. The monoisotopic (exact) mass is 414 g/mol. The van der Waals surface area contributed by atoms with Gasteiger partial charge in [0.05, 0.1) is 31.5 Å². The second-order valence-electron chi connectivity index (χ2n) is 6.03. The van der Waals surface area contributed by atoms with Crippen molar-refractivity contribution in [2.24, 2.45) is 0 Å². The molecule has 7 heteroatoms. The number of carbonyl (C=O) groups is 1. The molecule has 0 saturated carbocycles. The Bertz CT molecular complexity index is 1120. The summed E-state index contributed by atoms with van der Waals surface area (Å²) in [6, 6.07) is 11.1. The number of anilines is 1. The molecule has 2 heterocycles. The summed E-state index contributed by atoms with van der Waals surface area (Å²) in [5.74, 6) is -0.754. The number of hydrogen-bond acceptors (Lipinski definition) is 5. The summed E-state index contributed by atoms with van der Waals surface area (Å²) in [4.78, 5) is 25.3. The van der Waals surface area contributed by atoms with Gasteiger partial charge in [-0.25, -0.2) is 4.79 Å². The van der Waals surface area contributed by atoms with Gasteiger partial charge in [-0.2, -0.15) is 0 Å². The third kappa shape index (κ3) is 2.51. The largest absolute Gasteiger partial charge is 0.465 e. The number of halogens is 1. The fourth-order valence-electron chi connectivity index (χ4n) is 3.24. The average Bonchev–Trinajstić information content (AvgIpc) is 3.09. The van der Waals surface area contributed by atoms with E-state index in [0.29, 0.717) is 29.8 Å². The Labute approximate surface area is 157 Å². The second-order valence-corrected chi connectivity index (χ2v) is 6.94. The Morgan fingerprint density at radius 3 is 2.73 bits per heavy atom. The van der Waals surface area contributed by atoms with Crippen molar-refractivity contribution in [3.05, 3.63) is 67.9 Å². The van der Waals surface area contributed by atoms with E-state index in [1.807, 2.05) is 24.3 Å². The first kappa shape index (κ1) is 16.8. The minimum Gasteiger partial charge on any atom is -0.465 e. The molecule has 0 saturated heterocycles. The Hall–Kier alpha value is -2.64. The van der Waals surface area contributed by atoms with E-state index in [4.69, 9.17) is 15.2 Å². The van der Waals surface area contributed by atoms with Gasteiger partial charge in [-0.15, -0.1) is 0 Å². The molecule has 0 spiro atoms. The van der Waals surface area contributed by atoms with Gasteiger partial charge in [-0.1, -0.05) is 22.0 Å². The van der Waals surface area contributed by atoms with Crippen molar-refractivity contribution >= 4 is 38.5 Å². The summed E-state index contributed by atoms with van der Waals surface area (Å²) < 4.78 is 12.5. The number of methoxy groups -OCH3 is 1. The van der Waals surface area contributed by atoms with Crippen molar-refractivity contribution in [3.8, 4) is 5.69 Å². The molecule has 0 atom stereocenters. The zero-order valence-electron chi connectivity index (χ0n) is 13.9. The number of esters is 1. The van der Waals surface area contributed by atoms with Crippen LogP contribution in [0.15, 0.2) is 45.7 Å². The van der Waals surface area contributed by atoms with Crippen LogP contribution in [-0.4, -0.2) is 17.6 Å². The van der Waals surface area contributed by atoms with Gasteiger partial charge in [0.2, 0.25) is 0 Å². The molecule has 0 aliphatic carbocycles. The number of rotatable bonds is 2. The summed E-state index contributed by atoms with van der Waals surface area (Å²) in [6.45, 7) is 1.06. The predicted octanol–water partition coefficient (Wildman–Crippen LogP) is 3.15. The lowest BCUT2D eigenvalue weighted by Crippen LogP contribution is -2.28. The topological polar surface area (TPSA) is 83.6 Å².